The lowest BCUT2D eigenvalue weighted by molar-refractivity contribution is 0.272. The number of hydrogen-bond acceptors (Lipinski definition) is 7. The molecule has 2 aromatic carbocycles. The van der Waals surface area contributed by atoms with E-state index in [2.05, 4.69) is 49.3 Å². The summed E-state index contributed by atoms with van der Waals surface area (Å²) in [4.78, 5) is 9.47. The topological polar surface area (TPSA) is 83.3 Å². The first kappa shape index (κ1) is 26.6. The summed E-state index contributed by atoms with van der Waals surface area (Å²) in [6.07, 6.45) is 6.58. The average molecular weight is 520 g/mol. The predicted molar refractivity (Wildman–Crippen MR) is 151 cm³/mol. The summed E-state index contributed by atoms with van der Waals surface area (Å²) >= 11 is 0. The molecule has 4 aromatic rings. The quantitative estimate of drug-likeness (QED) is 0.185. The van der Waals surface area contributed by atoms with Crippen LogP contribution in [0, 0.1) is 0 Å². The molecular formula is C28H37N5O3Si. The molecule has 0 bridgehead atoms. The second-order valence-electron chi connectivity index (χ2n) is 10.6. The van der Waals surface area contributed by atoms with Gasteiger partial charge in [0.25, 0.3) is 0 Å². The highest BCUT2D eigenvalue weighted by Gasteiger charge is 2.36. The van der Waals surface area contributed by atoms with Crippen LogP contribution in [0.3, 0.4) is 0 Å². The lowest BCUT2D eigenvalue weighted by Crippen LogP contribution is -2.41. The number of rotatable bonds is 10. The van der Waals surface area contributed by atoms with E-state index in [1.165, 1.54) is 0 Å². The third-order valence-electron chi connectivity index (χ3n) is 6.91. The van der Waals surface area contributed by atoms with Crippen molar-refractivity contribution in [3.63, 3.8) is 0 Å². The second-order valence-corrected chi connectivity index (χ2v) is 15.4. The zero-order chi connectivity index (χ0) is 26.6. The van der Waals surface area contributed by atoms with Crippen LogP contribution >= 0.6 is 0 Å². The van der Waals surface area contributed by atoms with Crippen LogP contribution < -0.4 is 14.8 Å². The van der Waals surface area contributed by atoms with Gasteiger partial charge < -0.3 is 19.2 Å². The molecule has 37 heavy (non-hydrogen) atoms. The summed E-state index contributed by atoms with van der Waals surface area (Å²) in [6, 6.07) is 11.6. The Labute approximate surface area is 220 Å². The van der Waals surface area contributed by atoms with Crippen LogP contribution in [-0.4, -0.2) is 48.9 Å². The lowest BCUT2D eigenvalue weighted by atomic mass is 10.2. The minimum atomic E-state index is -1.72. The second kappa shape index (κ2) is 10.9. The largest absolute Gasteiger partial charge is 0.497 e. The van der Waals surface area contributed by atoms with Gasteiger partial charge in [0.2, 0.25) is 0 Å². The fourth-order valence-corrected chi connectivity index (χ4v) is 4.75. The highest BCUT2D eigenvalue weighted by atomic mass is 28.4. The van der Waals surface area contributed by atoms with Crippen molar-refractivity contribution in [2.45, 2.75) is 51.9 Å². The van der Waals surface area contributed by atoms with E-state index in [-0.39, 0.29) is 5.04 Å². The molecule has 2 heterocycles. The zero-order valence-corrected chi connectivity index (χ0v) is 23.8. The van der Waals surface area contributed by atoms with Gasteiger partial charge in [-0.05, 0) is 42.8 Å². The van der Waals surface area contributed by atoms with Crippen molar-refractivity contribution in [2.75, 3.05) is 26.1 Å². The predicted octanol–water partition coefficient (Wildman–Crippen LogP) is 6.67. The first-order valence-electron chi connectivity index (χ1n) is 12.5. The van der Waals surface area contributed by atoms with Crippen LogP contribution in [0.5, 0.6) is 11.5 Å². The van der Waals surface area contributed by atoms with Gasteiger partial charge in [-0.3, -0.25) is 9.67 Å². The molecule has 0 amide bonds. The van der Waals surface area contributed by atoms with Crippen LogP contribution in [-0.2, 0) is 11.0 Å². The molecule has 0 spiro atoms. The molecule has 0 atom stereocenters. The maximum Gasteiger partial charge on any atom is 0.191 e. The molecular weight excluding hydrogens is 482 g/mol. The van der Waals surface area contributed by atoms with Crippen molar-refractivity contribution in [3.8, 4) is 22.8 Å². The number of methoxy groups -OCH3 is 2. The Kier molecular flexibility index (Phi) is 7.84. The van der Waals surface area contributed by atoms with E-state index in [0.29, 0.717) is 11.5 Å². The molecule has 9 heteroatoms. The summed E-state index contributed by atoms with van der Waals surface area (Å²) < 4.78 is 19.0. The van der Waals surface area contributed by atoms with Gasteiger partial charge in [-0.15, -0.1) is 0 Å². The molecule has 8 nitrogen and oxygen atoms in total. The van der Waals surface area contributed by atoms with E-state index >= 15 is 0 Å². The van der Waals surface area contributed by atoms with E-state index in [9.17, 15) is 0 Å². The Bertz CT molecular complexity index is 1340. The lowest BCUT2D eigenvalue weighted by Gasteiger charge is -2.36. The van der Waals surface area contributed by atoms with Gasteiger partial charge in [-0.1, -0.05) is 20.8 Å². The Morgan fingerprint density at radius 1 is 0.919 bits per heavy atom. The van der Waals surface area contributed by atoms with Crippen molar-refractivity contribution in [2.24, 2.45) is 0 Å². The van der Waals surface area contributed by atoms with Crippen LogP contribution in [0.1, 0.15) is 27.2 Å². The summed E-state index contributed by atoms with van der Waals surface area (Å²) in [6.45, 7) is 12.9. The molecule has 0 aliphatic carbocycles. The van der Waals surface area contributed by atoms with Crippen LogP contribution in [0.15, 0.2) is 55.0 Å². The highest BCUT2D eigenvalue weighted by Crippen LogP contribution is 2.36. The summed E-state index contributed by atoms with van der Waals surface area (Å²) in [7, 11) is 1.55. The van der Waals surface area contributed by atoms with E-state index < -0.39 is 8.32 Å². The van der Waals surface area contributed by atoms with Crippen LogP contribution in [0.25, 0.3) is 22.3 Å². The molecule has 0 unspecified atom stereocenters. The fourth-order valence-electron chi connectivity index (χ4n) is 3.66. The van der Waals surface area contributed by atoms with Crippen molar-refractivity contribution in [1.29, 1.82) is 0 Å². The number of fused-ring (bicyclic) bond motifs is 1. The third-order valence-corrected chi connectivity index (χ3v) is 11.5. The molecule has 0 fully saturated rings. The maximum absolute atomic E-state index is 6.29. The Hall–Kier alpha value is -3.43. The van der Waals surface area contributed by atoms with Gasteiger partial charge in [0.05, 0.1) is 43.3 Å². The molecule has 196 valence electrons. The molecule has 4 rings (SSSR count). The van der Waals surface area contributed by atoms with Crippen molar-refractivity contribution >= 4 is 30.7 Å². The Morgan fingerprint density at radius 3 is 2.32 bits per heavy atom. The number of anilines is 2. The maximum atomic E-state index is 6.29. The molecule has 0 aliphatic rings. The van der Waals surface area contributed by atoms with Crippen LogP contribution in [0.2, 0.25) is 18.1 Å². The normalized spacial score (nSPS) is 12.1. The van der Waals surface area contributed by atoms with E-state index in [1.807, 2.05) is 53.5 Å². The number of nitrogens with zero attached hydrogens (tertiary/aromatic N) is 4. The average Bonchev–Trinajstić information content (AvgIpc) is 3.34. The van der Waals surface area contributed by atoms with Crippen molar-refractivity contribution in [1.82, 2.24) is 19.7 Å². The number of hydrogen-bond donors (Lipinski definition) is 1. The Balaban J connectivity index is 1.45. The molecule has 0 radical (unpaired) electrons. The Morgan fingerprint density at radius 2 is 1.65 bits per heavy atom. The van der Waals surface area contributed by atoms with Crippen LogP contribution in [0.4, 0.5) is 11.4 Å². The van der Waals surface area contributed by atoms with E-state index in [4.69, 9.17) is 18.9 Å². The first-order chi connectivity index (χ1) is 17.6. The van der Waals surface area contributed by atoms with Gasteiger partial charge in [0.15, 0.2) is 8.32 Å². The molecule has 0 aliphatic heterocycles. The summed E-state index contributed by atoms with van der Waals surface area (Å²) in [5.41, 5.74) is 5.11. The molecule has 1 N–H and O–H groups in total. The minimum Gasteiger partial charge on any atom is -0.497 e. The number of aromatic nitrogens is 4. The fraction of sp³-hybridized carbons (Fsp3) is 0.393. The molecule has 0 saturated heterocycles. The zero-order valence-electron chi connectivity index (χ0n) is 22.8. The molecule has 2 aromatic heterocycles. The smallest absolute Gasteiger partial charge is 0.191 e. The number of ether oxygens (including phenoxy) is 2. The summed E-state index contributed by atoms with van der Waals surface area (Å²) in [5.74, 6) is 1.43. The standard InChI is InChI=1S/C28H37N5O3Si/c1-28(2,3)37(6,7)36-12-8-11-33-19-20(17-30-33)27-18-29-25-10-9-21(15-26(25)32-27)31-22-13-23(34-4)16-24(14-22)35-5/h9-10,13-19,31H,8,11-12H2,1-7H3. The SMILES string of the molecule is COc1cc(Nc2ccc3ncc(-c4cnn(CCCO[Si](C)(C)C(C)(C)C)c4)nc3c2)cc(OC)c1. The van der Waals surface area contributed by atoms with Gasteiger partial charge in [0, 0.05) is 54.5 Å². The number of aryl methyl sites for hydroxylation is 1. The first-order valence-corrected chi connectivity index (χ1v) is 15.4. The van der Waals surface area contributed by atoms with Gasteiger partial charge in [-0.25, -0.2) is 4.98 Å². The van der Waals surface area contributed by atoms with Crippen molar-refractivity contribution in [3.05, 3.63) is 55.0 Å². The van der Waals surface area contributed by atoms with E-state index in [1.54, 1.807) is 20.4 Å². The number of nitrogens with one attached hydrogen (secondary N) is 1. The molecule has 0 saturated carbocycles. The number of benzene rings is 2. The van der Waals surface area contributed by atoms with Gasteiger partial charge in [-0.2, -0.15) is 5.10 Å². The van der Waals surface area contributed by atoms with E-state index in [0.717, 1.165) is 53.2 Å². The summed E-state index contributed by atoms with van der Waals surface area (Å²) in [5, 5.41) is 8.15. The van der Waals surface area contributed by atoms with Gasteiger partial charge >= 0.3 is 0 Å². The van der Waals surface area contributed by atoms with Gasteiger partial charge in [0.1, 0.15) is 11.5 Å². The highest BCUT2D eigenvalue weighted by molar-refractivity contribution is 6.74. The third kappa shape index (κ3) is 6.47. The monoisotopic (exact) mass is 519 g/mol. The minimum absolute atomic E-state index is 0.219. The van der Waals surface area contributed by atoms with Crippen molar-refractivity contribution < 1.29 is 13.9 Å².